The molecule has 3 amide bonds. The molecule has 0 aliphatic carbocycles. The summed E-state index contributed by atoms with van der Waals surface area (Å²) in [5.74, 6) is -0.263. The molecule has 1 aromatic heterocycles. The van der Waals surface area contributed by atoms with E-state index in [9.17, 15) is 9.59 Å². The standard InChI is InChI=1S/C17H23N5O2S2/c1-5-12(4)18-15(24)20-14(23)9-25-17-22-21-16(26-17)19-13-7-6-10(2)8-11(13)3/h6-8,12H,5,9H2,1-4H3,(H,19,21)(H2,18,20,23,24)/t12-/m0/s1. The molecule has 0 saturated heterocycles. The minimum atomic E-state index is -0.473. The number of aryl methyl sites for hydroxylation is 2. The van der Waals surface area contributed by atoms with Gasteiger partial charge in [-0.2, -0.15) is 0 Å². The third-order valence-electron chi connectivity index (χ3n) is 3.60. The van der Waals surface area contributed by atoms with Crippen molar-refractivity contribution in [3.8, 4) is 0 Å². The molecule has 0 bridgehead atoms. The molecule has 26 heavy (non-hydrogen) atoms. The summed E-state index contributed by atoms with van der Waals surface area (Å²) in [7, 11) is 0. The fourth-order valence-electron chi connectivity index (χ4n) is 2.04. The Hall–Kier alpha value is -2.13. The molecule has 2 rings (SSSR count). The van der Waals surface area contributed by atoms with Gasteiger partial charge in [0.25, 0.3) is 0 Å². The number of carbonyl (C=O) groups is 2. The average molecular weight is 394 g/mol. The van der Waals surface area contributed by atoms with E-state index in [1.165, 1.54) is 28.7 Å². The molecule has 3 N–H and O–H groups in total. The van der Waals surface area contributed by atoms with E-state index in [4.69, 9.17) is 0 Å². The predicted molar refractivity (Wildman–Crippen MR) is 106 cm³/mol. The van der Waals surface area contributed by atoms with Gasteiger partial charge in [-0.3, -0.25) is 10.1 Å². The van der Waals surface area contributed by atoms with Crippen LogP contribution in [0.5, 0.6) is 0 Å². The number of rotatable bonds is 7. The van der Waals surface area contributed by atoms with E-state index in [0.717, 1.165) is 17.7 Å². The molecule has 2 aromatic rings. The second kappa shape index (κ2) is 9.54. The monoisotopic (exact) mass is 393 g/mol. The van der Waals surface area contributed by atoms with Gasteiger partial charge >= 0.3 is 6.03 Å². The van der Waals surface area contributed by atoms with Crippen molar-refractivity contribution in [1.82, 2.24) is 20.8 Å². The lowest BCUT2D eigenvalue weighted by molar-refractivity contribution is -0.117. The molecule has 0 spiro atoms. The van der Waals surface area contributed by atoms with Crippen LogP contribution in [-0.4, -0.2) is 33.9 Å². The molecule has 0 unspecified atom stereocenters. The van der Waals surface area contributed by atoms with Crippen molar-refractivity contribution in [3.05, 3.63) is 29.3 Å². The zero-order chi connectivity index (χ0) is 19.1. The number of carbonyl (C=O) groups excluding carboxylic acids is 2. The number of imide groups is 1. The van der Waals surface area contributed by atoms with Crippen LogP contribution in [0.4, 0.5) is 15.6 Å². The summed E-state index contributed by atoms with van der Waals surface area (Å²) in [6, 6.07) is 5.67. The summed E-state index contributed by atoms with van der Waals surface area (Å²) < 4.78 is 0.662. The normalized spacial score (nSPS) is 11.7. The van der Waals surface area contributed by atoms with Crippen LogP contribution in [-0.2, 0) is 4.79 Å². The van der Waals surface area contributed by atoms with E-state index < -0.39 is 6.03 Å². The SMILES string of the molecule is CC[C@H](C)NC(=O)NC(=O)CSc1nnc(Nc2ccc(C)cc2C)s1. The Balaban J connectivity index is 1.82. The second-order valence-electron chi connectivity index (χ2n) is 5.94. The fraction of sp³-hybridized carbons (Fsp3) is 0.412. The molecule has 9 heteroatoms. The van der Waals surface area contributed by atoms with Gasteiger partial charge in [0.1, 0.15) is 0 Å². The van der Waals surface area contributed by atoms with Crippen LogP contribution in [0.25, 0.3) is 0 Å². The van der Waals surface area contributed by atoms with Gasteiger partial charge < -0.3 is 10.6 Å². The highest BCUT2D eigenvalue weighted by Crippen LogP contribution is 2.28. The maximum Gasteiger partial charge on any atom is 0.321 e. The van der Waals surface area contributed by atoms with Crippen molar-refractivity contribution >= 4 is 45.9 Å². The first-order chi connectivity index (χ1) is 12.4. The third-order valence-corrected chi connectivity index (χ3v) is 5.57. The van der Waals surface area contributed by atoms with Crippen LogP contribution in [0.3, 0.4) is 0 Å². The molecular weight excluding hydrogens is 370 g/mol. The van der Waals surface area contributed by atoms with Gasteiger partial charge in [-0.15, -0.1) is 10.2 Å². The largest absolute Gasteiger partial charge is 0.335 e. The first-order valence-electron chi connectivity index (χ1n) is 8.28. The molecule has 7 nitrogen and oxygen atoms in total. The first-order valence-corrected chi connectivity index (χ1v) is 10.1. The highest BCUT2D eigenvalue weighted by molar-refractivity contribution is 8.01. The quantitative estimate of drug-likeness (QED) is 0.622. The van der Waals surface area contributed by atoms with Gasteiger partial charge in [0.2, 0.25) is 11.0 Å². The number of nitrogens with one attached hydrogen (secondary N) is 3. The summed E-state index contributed by atoms with van der Waals surface area (Å²) in [5, 5.41) is 17.0. The molecule has 0 saturated carbocycles. The van der Waals surface area contributed by atoms with E-state index >= 15 is 0 Å². The number of aromatic nitrogens is 2. The smallest absolute Gasteiger partial charge is 0.321 e. The van der Waals surface area contributed by atoms with E-state index in [1.54, 1.807) is 0 Å². The summed E-state index contributed by atoms with van der Waals surface area (Å²) in [4.78, 5) is 23.4. The van der Waals surface area contributed by atoms with E-state index in [2.05, 4.69) is 32.2 Å². The number of nitrogens with zero attached hydrogens (tertiary/aromatic N) is 2. The first kappa shape index (κ1) is 20.2. The summed E-state index contributed by atoms with van der Waals surface area (Å²) in [6.07, 6.45) is 0.803. The summed E-state index contributed by atoms with van der Waals surface area (Å²) >= 11 is 2.61. The van der Waals surface area contributed by atoms with Crippen LogP contribution in [0.2, 0.25) is 0 Å². The van der Waals surface area contributed by atoms with Gasteiger partial charge in [-0.1, -0.05) is 47.7 Å². The molecule has 1 atom stereocenters. The predicted octanol–water partition coefficient (Wildman–Crippen LogP) is 3.61. The zero-order valence-electron chi connectivity index (χ0n) is 15.3. The number of hydrogen-bond donors (Lipinski definition) is 3. The number of anilines is 2. The summed E-state index contributed by atoms with van der Waals surface area (Å²) in [5.41, 5.74) is 3.30. The number of hydrogen-bond acceptors (Lipinski definition) is 7. The Morgan fingerprint density at radius 3 is 2.73 bits per heavy atom. The van der Waals surface area contributed by atoms with Crippen molar-refractivity contribution in [2.75, 3.05) is 11.1 Å². The fourth-order valence-corrected chi connectivity index (χ4v) is 3.60. The lowest BCUT2D eigenvalue weighted by Crippen LogP contribution is -2.43. The maximum absolute atomic E-state index is 11.8. The molecular formula is C17H23N5O2S2. The Morgan fingerprint density at radius 2 is 2.04 bits per heavy atom. The van der Waals surface area contributed by atoms with Crippen LogP contribution >= 0.6 is 23.1 Å². The number of urea groups is 1. The lowest BCUT2D eigenvalue weighted by atomic mass is 10.1. The van der Waals surface area contributed by atoms with E-state index in [1.807, 2.05) is 39.8 Å². The van der Waals surface area contributed by atoms with Gasteiger partial charge in [0, 0.05) is 11.7 Å². The molecule has 1 aromatic carbocycles. The van der Waals surface area contributed by atoms with E-state index in [-0.39, 0.29) is 17.7 Å². The van der Waals surface area contributed by atoms with Crippen molar-refractivity contribution < 1.29 is 9.59 Å². The van der Waals surface area contributed by atoms with Crippen molar-refractivity contribution in [3.63, 3.8) is 0 Å². The topological polar surface area (TPSA) is 96.0 Å². The minimum Gasteiger partial charge on any atom is -0.335 e. The van der Waals surface area contributed by atoms with Crippen molar-refractivity contribution in [2.24, 2.45) is 0 Å². The third kappa shape index (κ3) is 6.30. The minimum absolute atomic E-state index is 0.0254. The molecule has 140 valence electrons. The molecule has 0 radical (unpaired) electrons. The van der Waals surface area contributed by atoms with Crippen LogP contribution in [0, 0.1) is 13.8 Å². The Labute approximate surface area is 161 Å². The van der Waals surface area contributed by atoms with E-state index in [0.29, 0.717) is 9.47 Å². The highest BCUT2D eigenvalue weighted by Gasteiger charge is 2.12. The number of benzene rings is 1. The Kier molecular flexibility index (Phi) is 7.40. The number of thioether (sulfide) groups is 1. The molecule has 1 heterocycles. The number of amides is 3. The van der Waals surface area contributed by atoms with Crippen LogP contribution in [0.15, 0.2) is 22.5 Å². The van der Waals surface area contributed by atoms with Gasteiger partial charge in [0.05, 0.1) is 5.75 Å². The van der Waals surface area contributed by atoms with Gasteiger partial charge in [0.15, 0.2) is 4.34 Å². The zero-order valence-corrected chi connectivity index (χ0v) is 16.9. The maximum atomic E-state index is 11.8. The molecule has 0 aliphatic rings. The Bertz CT molecular complexity index is 778. The van der Waals surface area contributed by atoms with Gasteiger partial charge in [-0.25, -0.2) is 4.79 Å². The second-order valence-corrected chi connectivity index (χ2v) is 8.14. The average Bonchev–Trinajstić information content (AvgIpc) is 3.03. The Morgan fingerprint density at radius 1 is 1.27 bits per heavy atom. The summed E-state index contributed by atoms with van der Waals surface area (Å²) in [6.45, 7) is 7.91. The molecule has 0 aliphatic heterocycles. The van der Waals surface area contributed by atoms with Crippen LogP contribution < -0.4 is 16.0 Å². The molecule has 0 fully saturated rings. The van der Waals surface area contributed by atoms with Gasteiger partial charge in [-0.05, 0) is 38.8 Å². The van der Waals surface area contributed by atoms with Crippen molar-refractivity contribution in [2.45, 2.75) is 44.5 Å². The van der Waals surface area contributed by atoms with Crippen molar-refractivity contribution in [1.29, 1.82) is 0 Å². The highest BCUT2D eigenvalue weighted by atomic mass is 32.2. The lowest BCUT2D eigenvalue weighted by Gasteiger charge is -2.11. The van der Waals surface area contributed by atoms with Crippen LogP contribution in [0.1, 0.15) is 31.4 Å².